The van der Waals surface area contributed by atoms with Crippen LogP contribution in [-0.4, -0.2) is 9.78 Å². The van der Waals surface area contributed by atoms with E-state index in [1.807, 2.05) is 10.7 Å². The molecule has 16 heavy (non-hydrogen) atoms. The molecule has 0 N–H and O–H groups in total. The Morgan fingerprint density at radius 1 is 1.19 bits per heavy atom. The summed E-state index contributed by atoms with van der Waals surface area (Å²) in [7, 11) is 0. The lowest BCUT2D eigenvalue weighted by atomic mass is 10.2. The number of rotatable bonds is 3. The maximum absolute atomic E-state index is 13.1. The van der Waals surface area contributed by atoms with Crippen molar-refractivity contribution in [1.29, 1.82) is 0 Å². The van der Waals surface area contributed by atoms with Crippen LogP contribution in [0.4, 0.5) is 4.39 Å². The van der Waals surface area contributed by atoms with Crippen molar-refractivity contribution >= 4 is 0 Å². The lowest BCUT2D eigenvalue weighted by Gasteiger charge is -2.05. The van der Waals surface area contributed by atoms with Crippen LogP contribution < -0.4 is 0 Å². The minimum absolute atomic E-state index is 0.229. The normalized spacial score (nSPS) is 10.7. The van der Waals surface area contributed by atoms with Crippen LogP contribution in [0.15, 0.2) is 30.3 Å². The van der Waals surface area contributed by atoms with Crippen molar-refractivity contribution in [2.75, 3.05) is 0 Å². The number of aromatic nitrogens is 2. The number of hydrogen-bond donors (Lipinski definition) is 0. The molecule has 0 aliphatic heterocycles. The average molecular weight is 218 g/mol. The third-order valence-corrected chi connectivity index (χ3v) is 2.61. The molecule has 1 heterocycles. The van der Waals surface area contributed by atoms with Gasteiger partial charge in [0.15, 0.2) is 0 Å². The standard InChI is InChI=1S/C13H15FN2/c1-3-11-9-12(4-2)16(15-11)13-7-5-6-10(14)8-13/h5-9H,3-4H2,1-2H3. The van der Waals surface area contributed by atoms with Gasteiger partial charge in [-0.2, -0.15) is 5.10 Å². The molecule has 2 nitrogen and oxygen atoms in total. The zero-order valence-electron chi connectivity index (χ0n) is 9.57. The molecule has 84 valence electrons. The third-order valence-electron chi connectivity index (χ3n) is 2.61. The van der Waals surface area contributed by atoms with Gasteiger partial charge in [0, 0.05) is 5.69 Å². The second-order valence-electron chi connectivity index (χ2n) is 3.73. The number of halogens is 1. The van der Waals surface area contributed by atoms with Crippen LogP contribution in [-0.2, 0) is 12.8 Å². The number of nitrogens with zero attached hydrogens (tertiary/aromatic N) is 2. The van der Waals surface area contributed by atoms with Crippen molar-refractivity contribution in [3.8, 4) is 5.69 Å². The van der Waals surface area contributed by atoms with Crippen LogP contribution in [0.25, 0.3) is 5.69 Å². The predicted octanol–water partition coefficient (Wildman–Crippen LogP) is 3.14. The number of hydrogen-bond acceptors (Lipinski definition) is 1. The first-order valence-electron chi connectivity index (χ1n) is 5.58. The Labute approximate surface area is 94.7 Å². The fourth-order valence-electron chi connectivity index (χ4n) is 1.73. The Kier molecular flexibility index (Phi) is 3.04. The van der Waals surface area contributed by atoms with E-state index in [2.05, 4.69) is 25.0 Å². The Morgan fingerprint density at radius 3 is 2.62 bits per heavy atom. The van der Waals surface area contributed by atoms with E-state index in [0.29, 0.717) is 0 Å². The summed E-state index contributed by atoms with van der Waals surface area (Å²) in [4.78, 5) is 0. The fourth-order valence-corrected chi connectivity index (χ4v) is 1.73. The van der Waals surface area contributed by atoms with Crippen molar-refractivity contribution in [3.63, 3.8) is 0 Å². The Morgan fingerprint density at radius 2 is 2.00 bits per heavy atom. The summed E-state index contributed by atoms with van der Waals surface area (Å²) in [6.07, 6.45) is 1.79. The van der Waals surface area contributed by atoms with Crippen LogP contribution in [0.5, 0.6) is 0 Å². The molecule has 0 saturated heterocycles. The largest absolute Gasteiger partial charge is 0.237 e. The second-order valence-corrected chi connectivity index (χ2v) is 3.73. The van der Waals surface area contributed by atoms with Crippen LogP contribution in [0.2, 0.25) is 0 Å². The first-order valence-corrected chi connectivity index (χ1v) is 5.58. The van der Waals surface area contributed by atoms with Gasteiger partial charge in [0.2, 0.25) is 0 Å². The van der Waals surface area contributed by atoms with E-state index in [0.717, 1.165) is 29.9 Å². The minimum atomic E-state index is -0.229. The molecule has 2 aromatic rings. The van der Waals surface area contributed by atoms with E-state index in [1.54, 1.807) is 6.07 Å². The van der Waals surface area contributed by atoms with Gasteiger partial charge in [-0.3, -0.25) is 0 Å². The van der Waals surface area contributed by atoms with Crippen LogP contribution in [0.3, 0.4) is 0 Å². The highest BCUT2D eigenvalue weighted by atomic mass is 19.1. The van der Waals surface area contributed by atoms with Crippen LogP contribution in [0.1, 0.15) is 25.2 Å². The maximum Gasteiger partial charge on any atom is 0.125 e. The van der Waals surface area contributed by atoms with Gasteiger partial charge in [0.25, 0.3) is 0 Å². The van der Waals surface area contributed by atoms with Gasteiger partial charge in [-0.1, -0.05) is 19.9 Å². The summed E-state index contributed by atoms with van der Waals surface area (Å²) < 4.78 is 15.0. The lowest BCUT2D eigenvalue weighted by Crippen LogP contribution is -2.01. The summed E-state index contributed by atoms with van der Waals surface area (Å²) in [5, 5.41) is 4.46. The summed E-state index contributed by atoms with van der Waals surface area (Å²) in [6, 6.07) is 8.60. The molecule has 0 aliphatic carbocycles. The van der Waals surface area contributed by atoms with Gasteiger partial charge in [-0.15, -0.1) is 0 Å². The monoisotopic (exact) mass is 218 g/mol. The van der Waals surface area contributed by atoms with E-state index in [4.69, 9.17) is 0 Å². The summed E-state index contributed by atoms with van der Waals surface area (Å²) in [5.41, 5.74) is 2.94. The molecule has 2 rings (SSSR count). The molecule has 0 aliphatic rings. The maximum atomic E-state index is 13.1. The molecule has 1 aromatic carbocycles. The van der Waals surface area contributed by atoms with E-state index in [-0.39, 0.29) is 5.82 Å². The predicted molar refractivity (Wildman–Crippen MR) is 62.3 cm³/mol. The molecular formula is C13H15FN2. The smallest absolute Gasteiger partial charge is 0.125 e. The van der Waals surface area contributed by atoms with E-state index in [1.165, 1.54) is 12.1 Å². The third kappa shape index (κ3) is 1.98. The first kappa shape index (κ1) is 10.9. The summed E-state index contributed by atoms with van der Waals surface area (Å²) >= 11 is 0. The van der Waals surface area contributed by atoms with Crippen molar-refractivity contribution in [1.82, 2.24) is 9.78 Å². The molecule has 0 bridgehead atoms. The summed E-state index contributed by atoms with van der Waals surface area (Å²) in [5.74, 6) is -0.229. The zero-order chi connectivity index (χ0) is 11.5. The highest BCUT2D eigenvalue weighted by Gasteiger charge is 2.07. The van der Waals surface area contributed by atoms with Gasteiger partial charge in [-0.05, 0) is 37.1 Å². The van der Waals surface area contributed by atoms with E-state index >= 15 is 0 Å². The van der Waals surface area contributed by atoms with Crippen molar-refractivity contribution in [3.05, 3.63) is 47.5 Å². The van der Waals surface area contributed by atoms with Crippen molar-refractivity contribution in [2.45, 2.75) is 26.7 Å². The SMILES string of the molecule is CCc1cc(CC)n(-c2cccc(F)c2)n1. The van der Waals surface area contributed by atoms with Gasteiger partial charge in [-0.25, -0.2) is 9.07 Å². The molecule has 0 unspecified atom stereocenters. The number of benzene rings is 1. The molecule has 0 radical (unpaired) electrons. The van der Waals surface area contributed by atoms with E-state index in [9.17, 15) is 4.39 Å². The highest BCUT2D eigenvalue weighted by Crippen LogP contribution is 2.14. The molecule has 0 amide bonds. The topological polar surface area (TPSA) is 17.8 Å². The lowest BCUT2D eigenvalue weighted by molar-refractivity contribution is 0.624. The van der Waals surface area contributed by atoms with Gasteiger partial charge >= 0.3 is 0 Å². The number of aryl methyl sites for hydroxylation is 2. The molecule has 0 saturated carbocycles. The van der Waals surface area contributed by atoms with Crippen LogP contribution >= 0.6 is 0 Å². The van der Waals surface area contributed by atoms with Crippen molar-refractivity contribution in [2.24, 2.45) is 0 Å². The quantitative estimate of drug-likeness (QED) is 0.773. The molecular weight excluding hydrogens is 203 g/mol. The Hall–Kier alpha value is -1.64. The Balaban J connectivity index is 2.50. The zero-order valence-corrected chi connectivity index (χ0v) is 9.57. The second kappa shape index (κ2) is 4.47. The van der Waals surface area contributed by atoms with Gasteiger partial charge < -0.3 is 0 Å². The Bertz CT molecular complexity index is 488. The highest BCUT2D eigenvalue weighted by molar-refractivity contribution is 5.34. The minimum Gasteiger partial charge on any atom is -0.237 e. The van der Waals surface area contributed by atoms with Crippen molar-refractivity contribution < 1.29 is 4.39 Å². The molecule has 1 aromatic heterocycles. The fraction of sp³-hybridized carbons (Fsp3) is 0.308. The summed E-state index contributed by atoms with van der Waals surface area (Å²) in [6.45, 7) is 4.14. The first-order chi connectivity index (χ1) is 7.74. The van der Waals surface area contributed by atoms with Crippen LogP contribution in [0, 0.1) is 5.82 Å². The van der Waals surface area contributed by atoms with Gasteiger partial charge in [0.1, 0.15) is 5.82 Å². The molecule has 0 atom stereocenters. The average Bonchev–Trinajstić information content (AvgIpc) is 2.72. The molecule has 0 fully saturated rings. The van der Waals surface area contributed by atoms with Gasteiger partial charge in [0.05, 0.1) is 11.4 Å². The molecule has 3 heteroatoms. The van der Waals surface area contributed by atoms with E-state index < -0.39 is 0 Å². The molecule has 0 spiro atoms.